The molecule has 0 saturated carbocycles. The number of nitrogens with zero attached hydrogens (tertiary/aromatic N) is 2. The molecule has 4 rings (SSSR count). The van der Waals surface area contributed by atoms with E-state index < -0.39 is 28.4 Å². The van der Waals surface area contributed by atoms with E-state index in [1.807, 2.05) is 0 Å². The summed E-state index contributed by atoms with van der Waals surface area (Å²) < 4.78 is 40.5. The zero-order valence-electron chi connectivity index (χ0n) is 16.0. The average Bonchev–Trinajstić information content (AvgIpc) is 3.14. The Morgan fingerprint density at radius 3 is 2.37 bits per heavy atom. The third-order valence-electron chi connectivity index (χ3n) is 5.53. The number of benzene rings is 2. The van der Waals surface area contributed by atoms with Crippen LogP contribution < -0.4 is 5.32 Å². The van der Waals surface area contributed by atoms with Crippen molar-refractivity contribution in [3.05, 3.63) is 65.5 Å². The minimum absolute atomic E-state index is 0.0536. The molecule has 0 aliphatic carbocycles. The summed E-state index contributed by atoms with van der Waals surface area (Å²) >= 11 is 1.66. The maximum Gasteiger partial charge on any atom is 0.321 e. The summed E-state index contributed by atoms with van der Waals surface area (Å²) in [7, 11) is 0. The van der Waals surface area contributed by atoms with E-state index >= 15 is 0 Å². The Hall–Kier alpha value is -2.68. The molecule has 5 nitrogen and oxygen atoms in total. The lowest BCUT2D eigenvalue weighted by molar-refractivity contribution is 0.0581. The molecule has 30 heavy (non-hydrogen) atoms. The maximum atomic E-state index is 14.1. The molecule has 0 radical (unpaired) electrons. The van der Waals surface area contributed by atoms with Crippen LogP contribution >= 0.6 is 11.8 Å². The van der Waals surface area contributed by atoms with Gasteiger partial charge in [0.05, 0.1) is 10.4 Å². The van der Waals surface area contributed by atoms with Gasteiger partial charge >= 0.3 is 6.03 Å². The lowest BCUT2D eigenvalue weighted by Gasteiger charge is -2.44. The quantitative estimate of drug-likeness (QED) is 0.765. The van der Waals surface area contributed by atoms with Crippen LogP contribution in [0.2, 0.25) is 0 Å². The molecule has 0 unspecified atom stereocenters. The van der Waals surface area contributed by atoms with Crippen LogP contribution in [0.5, 0.6) is 0 Å². The van der Waals surface area contributed by atoms with Crippen LogP contribution in [-0.2, 0) is 0 Å². The van der Waals surface area contributed by atoms with Crippen LogP contribution in [0.1, 0.15) is 23.2 Å². The number of halogens is 3. The summed E-state index contributed by atoms with van der Waals surface area (Å²) in [6, 6.07) is 8.71. The van der Waals surface area contributed by atoms with Gasteiger partial charge in [0.25, 0.3) is 5.91 Å². The molecule has 158 valence electrons. The van der Waals surface area contributed by atoms with E-state index in [-0.39, 0.29) is 17.2 Å². The molecule has 2 aromatic carbocycles. The predicted octanol–water partition coefficient (Wildman–Crippen LogP) is 4.32. The molecule has 9 heteroatoms. The summed E-state index contributed by atoms with van der Waals surface area (Å²) in [5, 5.41) is 2.57. The van der Waals surface area contributed by atoms with Crippen molar-refractivity contribution in [1.82, 2.24) is 9.80 Å². The first kappa shape index (κ1) is 20.6. The van der Waals surface area contributed by atoms with Gasteiger partial charge in [-0.05, 0) is 37.1 Å². The molecular weight excluding hydrogens is 415 g/mol. The van der Waals surface area contributed by atoms with Gasteiger partial charge in [0, 0.05) is 37.1 Å². The monoisotopic (exact) mass is 435 g/mol. The Balaban J connectivity index is 1.42. The number of carbonyl (C=O) groups excluding carboxylic acids is 2. The van der Waals surface area contributed by atoms with Crippen LogP contribution in [0.15, 0.2) is 42.5 Å². The second kappa shape index (κ2) is 8.22. The van der Waals surface area contributed by atoms with Gasteiger partial charge in [-0.3, -0.25) is 4.79 Å². The maximum absolute atomic E-state index is 14.1. The second-order valence-corrected chi connectivity index (χ2v) is 8.73. The van der Waals surface area contributed by atoms with Crippen molar-refractivity contribution in [1.29, 1.82) is 0 Å². The number of urea groups is 1. The van der Waals surface area contributed by atoms with E-state index in [0.717, 1.165) is 17.9 Å². The fourth-order valence-electron chi connectivity index (χ4n) is 3.93. The summed E-state index contributed by atoms with van der Waals surface area (Å²) in [5.41, 5.74) is 0.226. The Bertz CT molecular complexity index is 980. The highest BCUT2D eigenvalue weighted by Crippen LogP contribution is 2.44. The number of amides is 3. The first-order valence-electron chi connectivity index (χ1n) is 9.61. The Morgan fingerprint density at radius 2 is 1.67 bits per heavy atom. The van der Waals surface area contributed by atoms with Crippen molar-refractivity contribution in [2.75, 3.05) is 30.7 Å². The number of rotatable bonds is 2. The van der Waals surface area contributed by atoms with E-state index in [4.69, 9.17) is 0 Å². The van der Waals surface area contributed by atoms with Crippen molar-refractivity contribution < 1.29 is 22.8 Å². The Kier molecular flexibility index (Phi) is 5.64. The highest BCUT2D eigenvalue weighted by molar-refractivity contribution is 8.00. The Labute approximate surface area is 176 Å². The lowest BCUT2D eigenvalue weighted by atomic mass is 10.0. The fraction of sp³-hybridized carbons (Fsp3) is 0.333. The van der Waals surface area contributed by atoms with Crippen LogP contribution in [0.4, 0.5) is 23.7 Å². The molecule has 2 aromatic rings. The van der Waals surface area contributed by atoms with E-state index in [2.05, 4.69) is 5.32 Å². The Morgan fingerprint density at radius 1 is 0.933 bits per heavy atom. The number of nitrogens with one attached hydrogen (secondary N) is 1. The minimum atomic E-state index is -1.03. The van der Waals surface area contributed by atoms with Crippen LogP contribution in [0.3, 0.4) is 0 Å². The van der Waals surface area contributed by atoms with Gasteiger partial charge in [0.2, 0.25) is 0 Å². The van der Waals surface area contributed by atoms with E-state index in [9.17, 15) is 22.8 Å². The smallest absolute Gasteiger partial charge is 0.321 e. The summed E-state index contributed by atoms with van der Waals surface area (Å²) in [6.07, 6.45) is 1.09. The topological polar surface area (TPSA) is 52.7 Å². The zero-order valence-corrected chi connectivity index (χ0v) is 16.9. The fourth-order valence-corrected chi connectivity index (χ4v) is 5.38. The van der Waals surface area contributed by atoms with Crippen molar-refractivity contribution in [2.24, 2.45) is 0 Å². The average molecular weight is 435 g/mol. The van der Waals surface area contributed by atoms with Crippen molar-refractivity contribution in [3.8, 4) is 0 Å². The number of anilines is 1. The molecule has 1 spiro atoms. The van der Waals surface area contributed by atoms with Gasteiger partial charge in [-0.1, -0.05) is 12.1 Å². The molecule has 2 aliphatic heterocycles. The van der Waals surface area contributed by atoms with Crippen LogP contribution in [0, 0.1) is 17.5 Å². The van der Waals surface area contributed by atoms with Crippen molar-refractivity contribution in [2.45, 2.75) is 17.7 Å². The van der Waals surface area contributed by atoms with Crippen LogP contribution in [0.25, 0.3) is 0 Å². The summed E-state index contributed by atoms with van der Waals surface area (Å²) in [6.45, 7) is 1.31. The highest BCUT2D eigenvalue weighted by atomic mass is 32.2. The van der Waals surface area contributed by atoms with Gasteiger partial charge < -0.3 is 15.1 Å². The van der Waals surface area contributed by atoms with Gasteiger partial charge in [-0.2, -0.15) is 0 Å². The molecule has 3 amide bonds. The number of hydrogen-bond acceptors (Lipinski definition) is 3. The molecule has 2 fully saturated rings. The lowest BCUT2D eigenvalue weighted by Crippen LogP contribution is -2.54. The molecule has 0 bridgehead atoms. The number of hydrogen-bond donors (Lipinski definition) is 1. The molecule has 0 aromatic heterocycles. The number of thioether (sulfide) groups is 1. The molecule has 2 saturated heterocycles. The highest BCUT2D eigenvalue weighted by Gasteiger charge is 2.47. The van der Waals surface area contributed by atoms with E-state index in [1.165, 1.54) is 18.2 Å². The van der Waals surface area contributed by atoms with Crippen molar-refractivity contribution >= 4 is 29.4 Å². The van der Waals surface area contributed by atoms with Gasteiger partial charge in [0.15, 0.2) is 11.6 Å². The van der Waals surface area contributed by atoms with E-state index in [1.54, 1.807) is 33.7 Å². The van der Waals surface area contributed by atoms with Crippen molar-refractivity contribution in [3.63, 3.8) is 0 Å². The van der Waals surface area contributed by atoms with Crippen LogP contribution in [-0.4, -0.2) is 52.0 Å². The molecule has 0 atom stereocenters. The third kappa shape index (κ3) is 3.86. The summed E-state index contributed by atoms with van der Waals surface area (Å²) in [5.74, 6) is -2.14. The zero-order chi connectivity index (χ0) is 21.3. The van der Waals surface area contributed by atoms with Gasteiger partial charge in [-0.25, -0.2) is 18.0 Å². The standard InChI is InChI=1S/C21H20F3N3O2S/c22-16-4-2-1-3-15(16)19(28)27-11-12-30-21(27)7-9-26(10-8-21)20(29)25-14-5-6-17(23)18(24)13-14/h1-6,13H,7-12H2,(H,25,29). The second-order valence-electron chi connectivity index (χ2n) is 7.28. The molecule has 2 heterocycles. The van der Waals surface area contributed by atoms with Gasteiger partial charge in [0.1, 0.15) is 5.82 Å². The van der Waals surface area contributed by atoms with Gasteiger partial charge in [-0.15, -0.1) is 11.8 Å². The summed E-state index contributed by atoms with van der Waals surface area (Å²) in [4.78, 5) is 28.3. The predicted molar refractivity (Wildman–Crippen MR) is 109 cm³/mol. The SMILES string of the molecule is O=C(Nc1ccc(F)c(F)c1)N1CCC2(CC1)SCCN2C(=O)c1ccccc1F. The van der Waals surface area contributed by atoms with E-state index in [0.29, 0.717) is 32.5 Å². The number of likely N-dealkylation sites (tertiary alicyclic amines) is 1. The molecular formula is C21H20F3N3O2S. The first-order chi connectivity index (χ1) is 14.4. The molecule has 1 N–H and O–H groups in total. The molecule has 2 aliphatic rings. The largest absolute Gasteiger partial charge is 0.324 e. The number of piperidine rings is 1. The minimum Gasteiger partial charge on any atom is -0.324 e. The third-order valence-corrected chi connectivity index (χ3v) is 7.08. The number of carbonyl (C=O) groups is 2. The normalized spacial score (nSPS) is 18.0. The first-order valence-corrected chi connectivity index (χ1v) is 10.6.